The first-order valence-corrected chi connectivity index (χ1v) is 22.1. The molecule has 0 heterocycles. The zero-order valence-electron chi connectivity index (χ0n) is 30.7. The summed E-state index contributed by atoms with van der Waals surface area (Å²) in [4.78, 5) is 47.1. The van der Waals surface area contributed by atoms with Crippen molar-refractivity contribution in [1.82, 2.24) is 9.80 Å². The van der Waals surface area contributed by atoms with Gasteiger partial charge in [0.05, 0.1) is 11.9 Å². The highest BCUT2D eigenvalue weighted by Crippen LogP contribution is 2.42. The predicted molar refractivity (Wildman–Crippen MR) is 217 cm³/mol. The fraction of sp³-hybridized carbons (Fsp3) is 0.615. The van der Waals surface area contributed by atoms with Gasteiger partial charge in [-0.05, 0) is 140 Å². The smallest absolute Gasteiger partial charge is 0.194 e. The number of benzene rings is 2. The van der Waals surface area contributed by atoms with Crippen LogP contribution in [0.3, 0.4) is 0 Å². The third kappa shape index (κ3) is 14.5. The van der Waals surface area contributed by atoms with Crippen LogP contribution in [0.5, 0.6) is 0 Å². The Hall–Kier alpha value is -1.61. The van der Waals surface area contributed by atoms with Crippen LogP contribution in [0.2, 0.25) is 0 Å². The van der Waals surface area contributed by atoms with Crippen LogP contribution in [-0.2, 0) is 12.8 Å². The molecule has 1 aliphatic rings. The minimum Gasteiger partial charge on any atom is -0.545 e. The number of carbonyl (C=O) groups excluding carboxylic acids is 3. The average molecular weight is 907 g/mol. The highest BCUT2D eigenvalue weighted by Gasteiger charge is 2.32. The molecule has 2 N–H and O–H groups in total. The lowest BCUT2D eigenvalue weighted by atomic mass is 9.87. The first-order valence-electron chi connectivity index (χ1n) is 17.8. The topological polar surface area (TPSA) is 135 Å². The van der Waals surface area contributed by atoms with E-state index < -0.39 is 11.9 Å². The van der Waals surface area contributed by atoms with E-state index in [-0.39, 0.29) is 22.4 Å². The summed E-state index contributed by atoms with van der Waals surface area (Å²) in [7, 11) is 0. The summed E-state index contributed by atoms with van der Waals surface area (Å²) >= 11 is 4.30. The number of carboxylic acid groups (broad SMARTS) is 2. The Kier molecular flexibility index (Phi) is 26.2. The molecule has 0 aliphatic heterocycles. The zero-order chi connectivity index (χ0) is 36.1. The van der Waals surface area contributed by atoms with Gasteiger partial charge in [-0.25, -0.2) is 0 Å². The number of alkyl halides is 2. The molecule has 0 bridgehead atoms. The maximum absolute atomic E-state index is 13.8. The van der Waals surface area contributed by atoms with Crippen molar-refractivity contribution in [2.45, 2.75) is 105 Å². The molecular formula is C39H60I2N2O6-2. The number of hydrogen-bond acceptors (Lipinski definition) is 7. The maximum Gasteiger partial charge on any atom is 0.194 e. The first kappa shape index (κ1) is 47.4. The predicted octanol–water partition coefficient (Wildman–Crippen LogP) is 6.57. The van der Waals surface area contributed by atoms with Gasteiger partial charge in [0.15, 0.2) is 5.78 Å². The van der Waals surface area contributed by atoms with Crippen molar-refractivity contribution in [2.75, 3.05) is 49.1 Å². The molecule has 0 spiro atoms. The van der Waals surface area contributed by atoms with Crippen LogP contribution in [0.25, 0.3) is 11.1 Å². The molecule has 0 atom stereocenters. The van der Waals surface area contributed by atoms with E-state index >= 15 is 0 Å². The summed E-state index contributed by atoms with van der Waals surface area (Å²) in [5.74, 6) is -2.91. The molecule has 0 saturated heterocycles. The monoisotopic (exact) mass is 906 g/mol. The number of halogens is 2. The second-order valence-corrected chi connectivity index (χ2v) is 12.3. The Morgan fingerprint density at radius 2 is 1.06 bits per heavy atom. The number of hydrogen-bond donors (Lipinski definition) is 0. The number of nitrogens with zero attached hydrogens (tertiary/aromatic N) is 2. The molecule has 0 saturated carbocycles. The molecule has 2 aromatic carbocycles. The fourth-order valence-electron chi connectivity index (χ4n) is 6.37. The highest BCUT2D eigenvalue weighted by atomic mass is 127. The molecule has 0 amide bonds. The number of unbranched alkanes of at least 4 members (excludes halogenated alkanes) is 4. The summed E-state index contributed by atoms with van der Waals surface area (Å²) in [6, 6.07) is 6.33. The summed E-state index contributed by atoms with van der Waals surface area (Å²) in [6.07, 6.45) is 11.5. The van der Waals surface area contributed by atoms with E-state index in [1.54, 1.807) is 6.07 Å². The van der Waals surface area contributed by atoms with Crippen LogP contribution in [0, 0.1) is 0 Å². The van der Waals surface area contributed by atoms with Crippen LogP contribution in [-0.4, -0.2) is 82.1 Å². The van der Waals surface area contributed by atoms with E-state index in [0.29, 0.717) is 46.2 Å². The molecule has 278 valence electrons. The molecule has 8 nitrogen and oxygen atoms in total. The fourth-order valence-corrected chi connectivity index (χ4v) is 6.37. The van der Waals surface area contributed by atoms with Crippen molar-refractivity contribution in [3.63, 3.8) is 0 Å². The van der Waals surface area contributed by atoms with Gasteiger partial charge < -0.3 is 35.1 Å². The van der Waals surface area contributed by atoms with Crippen LogP contribution < -0.4 is 10.2 Å². The molecule has 2 aromatic rings. The number of rotatable bonds is 22. The van der Waals surface area contributed by atoms with Crippen LogP contribution in [0.1, 0.15) is 140 Å². The van der Waals surface area contributed by atoms with Crippen LogP contribution in [0.4, 0.5) is 0 Å². The van der Waals surface area contributed by atoms with Crippen LogP contribution in [0.15, 0.2) is 24.3 Å². The molecule has 0 aromatic heterocycles. The second kappa shape index (κ2) is 27.1. The molecular weight excluding hydrogens is 846 g/mol. The van der Waals surface area contributed by atoms with Gasteiger partial charge in [-0.15, -0.1) is 0 Å². The summed E-state index contributed by atoms with van der Waals surface area (Å²) in [5, 5.41) is 24.4. The van der Waals surface area contributed by atoms with Crippen molar-refractivity contribution < 1.29 is 30.1 Å². The molecule has 49 heavy (non-hydrogen) atoms. The lowest BCUT2D eigenvalue weighted by molar-refractivity contribution is -0.256. The largest absolute Gasteiger partial charge is 0.545 e. The molecule has 10 heteroatoms. The van der Waals surface area contributed by atoms with E-state index in [9.17, 15) is 24.6 Å². The van der Waals surface area contributed by atoms with Crippen molar-refractivity contribution in [3.8, 4) is 11.1 Å². The number of ketones is 1. The lowest BCUT2D eigenvalue weighted by Crippen LogP contribution is -2.30. The van der Waals surface area contributed by atoms with E-state index in [4.69, 9.17) is 0 Å². The minimum atomic E-state index is -1.34. The summed E-state index contributed by atoms with van der Waals surface area (Å²) in [6.45, 7) is 14.5. The zero-order valence-corrected chi connectivity index (χ0v) is 35.0. The van der Waals surface area contributed by atoms with E-state index in [1.807, 2.05) is 15.9 Å². The first-order chi connectivity index (χ1) is 23.3. The van der Waals surface area contributed by atoms with Gasteiger partial charge in [-0.2, -0.15) is 0 Å². The van der Waals surface area contributed by atoms with E-state index in [1.165, 1.54) is 12.1 Å². The van der Waals surface area contributed by atoms with E-state index in [2.05, 4.69) is 82.7 Å². The Morgan fingerprint density at radius 1 is 0.612 bits per heavy atom. The Balaban J connectivity index is 0.00000444. The number of fused-ring (bicyclic) bond motifs is 3. The maximum atomic E-state index is 13.8. The normalized spacial score (nSPS) is 11.3. The Bertz CT molecular complexity index is 1270. The average Bonchev–Trinajstić information content (AvgIpc) is 3.38. The summed E-state index contributed by atoms with van der Waals surface area (Å²) < 4.78 is 0. The van der Waals surface area contributed by atoms with Gasteiger partial charge in [0, 0.05) is 16.7 Å². The van der Waals surface area contributed by atoms with Crippen molar-refractivity contribution in [2.24, 2.45) is 0 Å². The van der Waals surface area contributed by atoms with Gasteiger partial charge in [0.1, 0.15) is 0 Å². The molecule has 1 aliphatic carbocycles. The summed E-state index contributed by atoms with van der Waals surface area (Å²) in [5.41, 5.74) is 3.36. The Morgan fingerprint density at radius 3 is 1.49 bits per heavy atom. The van der Waals surface area contributed by atoms with Crippen molar-refractivity contribution >= 4 is 62.9 Å². The SMILES string of the molecule is CCCCN(CCCC)CCCc1cc2c(c(CCCN(CCCC)CCCC)c1C(=O)[O-])C(=O)c1cc(C(=O)[O-])ccc1-2.CI.CI.O. The third-order valence-corrected chi connectivity index (χ3v) is 8.87. The molecule has 0 unspecified atom stereocenters. The van der Waals surface area contributed by atoms with Crippen molar-refractivity contribution in [3.05, 3.63) is 57.6 Å². The van der Waals surface area contributed by atoms with Gasteiger partial charge >= 0.3 is 0 Å². The third-order valence-electron chi connectivity index (χ3n) is 8.87. The van der Waals surface area contributed by atoms with Gasteiger partial charge in [0.25, 0.3) is 0 Å². The van der Waals surface area contributed by atoms with Gasteiger partial charge in [-0.1, -0.05) is 111 Å². The minimum absolute atomic E-state index is 0. The van der Waals surface area contributed by atoms with Crippen molar-refractivity contribution in [1.29, 1.82) is 0 Å². The van der Waals surface area contributed by atoms with E-state index in [0.717, 1.165) is 103 Å². The number of aryl methyl sites for hydroxylation is 1. The standard InChI is InChI=1S/C37H54N2O5.2CH3I.H2O/c1-5-9-19-38(20-10-6-2)23-13-15-27-25-31-29-18-17-28(36(41)42)26-32(29)35(40)34(31)30(33(27)37(43)44)16-14-24-39(21-11-7-3)22-12-8-4;2*1-2;/h17-18,25-26H,5-16,19-24H2,1-4H3,(H,41,42)(H,43,44);2*1H3;1H2/p-2. The lowest BCUT2D eigenvalue weighted by Gasteiger charge is -2.24. The van der Waals surface area contributed by atoms with Gasteiger partial charge in [-0.3, -0.25) is 4.79 Å². The highest BCUT2D eigenvalue weighted by molar-refractivity contribution is 14.1. The molecule has 0 radical (unpaired) electrons. The van der Waals surface area contributed by atoms with Gasteiger partial charge in [0.2, 0.25) is 0 Å². The Labute approximate surface area is 323 Å². The molecule has 0 fully saturated rings. The molecule has 3 rings (SSSR count). The second-order valence-electron chi connectivity index (χ2n) is 12.3. The quantitative estimate of drug-likeness (QED) is 0.0823. The number of carbonyl (C=O) groups is 3. The number of carboxylic acids is 2. The van der Waals surface area contributed by atoms with Crippen LogP contribution >= 0.6 is 45.2 Å². The number of aromatic carboxylic acids is 2.